The van der Waals surface area contributed by atoms with Crippen molar-refractivity contribution in [1.29, 1.82) is 0 Å². The molecule has 49 heavy (non-hydrogen) atoms. The Hall–Kier alpha value is -3.77. The fraction of sp³-hybridized carbons (Fsp3) is 0.189. The molecule has 2 aliphatic rings. The van der Waals surface area contributed by atoms with E-state index in [1.54, 1.807) is 0 Å². The molecule has 0 spiro atoms. The maximum atomic E-state index is 12.9. The highest BCUT2D eigenvalue weighted by Gasteiger charge is 2.87. The number of ether oxygens (including phenoxy) is 1. The molecule has 5 aromatic rings. The predicted molar refractivity (Wildman–Crippen MR) is 199 cm³/mol. The summed E-state index contributed by atoms with van der Waals surface area (Å²) in [5, 5.41) is 7.42. The molecule has 0 aliphatic carbocycles. The Balaban J connectivity index is 1.34. The molecule has 0 aromatic heterocycles. The van der Waals surface area contributed by atoms with Gasteiger partial charge in [0, 0.05) is 12.0 Å². The molecule has 0 saturated carbocycles. The first-order chi connectivity index (χ1) is 23.8. The van der Waals surface area contributed by atoms with Crippen molar-refractivity contribution in [3.63, 3.8) is 0 Å². The summed E-state index contributed by atoms with van der Waals surface area (Å²) in [5.74, 6) is 2.19. The summed E-state index contributed by atoms with van der Waals surface area (Å²) < 4.78 is 33.9. The molecule has 12 heteroatoms. The molecule has 2 saturated heterocycles. The van der Waals surface area contributed by atoms with Gasteiger partial charge >= 0.3 is 29.4 Å². The fourth-order valence-corrected chi connectivity index (χ4v) is 16.2. The van der Waals surface area contributed by atoms with Gasteiger partial charge in [0.05, 0.1) is 4.86 Å². The second kappa shape index (κ2) is 14.6. The first kappa shape index (κ1) is 33.7. The van der Waals surface area contributed by atoms with Crippen molar-refractivity contribution >= 4 is 23.5 Å². The number of para-hydroxylation sites is 5. The Morgan fingerprint density at radius 1 is 0.531 bits per heavy atom. The van der Waals surface area contributed by atoms with Crippen molar-refractivity contribution in [3.05, 3.63) is 152 Å². The highest BCUT2D eigenvalue weighted by molar-refractivity contribution is 7.82. The molecule has 2 aliphatic heterocycles. The minimum atomic E-state index is -3.82. The molecule has 0 bridgehead atoms. The zero-order valence-corrected chi connectivity index (χ0v) is 30.0. The van der Waals surface area contributed by atoms with Crippen molar-refractivity contribution in [2.24, 2.45) is 5.92 Å². The molecular formula is C37H41N3O6P3+3. The molecule has 6 unspecified atom stereocenters. The zero-order chi connectivity index (χ0) is 33.7. The number of hydrogen-bond donors (Lipinski definition) is 4. The maximum Gasteiger partial charge on any atom is 0.515 e. The molecular weight excluding hydrogens is 675 g/mol. The van der Waals surface area contributed by atoms with Crippen LogP contribution < -0.4 is 37.9 Å². The monoisotopic (exact) mass is 716 g/mol. The van der Waals surface area contributed by atoms with Gasteiger partial charge in [0.15, 0.2) is 29.2 Å². The lowest BCUT2D eigenvalue weighted by molar-refractivity contribution is 0.301. The van der Waals surface area contributed by atoms with Crippen molar-refractivity contribution in [2.45, 2.75) is 31.5 Å². The quantitative estimate of drug-likeness (QED) is 0.105. The third-order valence-corrected chi connectivity index (χ3v) is 17.4. The molecule has 4 N–H and O–H groups in total. The van der Waals surface area contributed by atoms with Crippen LogP contribution in [-0.2, 0) is 0 Å². The van der Waals surface area contributed by atoms with E-state index >= 15 is 0 Å². The Morgan fingerprint density at radius 2 is 0.939 bits per heavy atom. The SMILES string of the molecule is CC1C[P+](Oc2ccccc2)(Oc2ccccc2)N[P+](O)(Oc2ccccc2)NC2C(Oc3ccccc3)[P+]2(Oc2ccccc2)NC1C. The number of hydrogen-bond acceptors (Lipinski definition) is 9. The zero-order valence-electron chi connectivity index (χ0n) is 27.3. The highest BCUT2D eigenvalue weighted by Crippen LogP contribution is 2.83. The van der Waals surface area contributed by atoms with Gasteiger partial charge in [-0.1, -0.05) is 103 Å². The van der Waals surface area contributed by atoms with Gasteiger partial charge in [-0.3, -0.25) is 13.6 Å². The molecule has 0 radical (unpaired) electrons. The molecule has 252 valence electrons. The molecule has 9 nitrogen and oxygen atoms in total. The highest BCUT2D eigenvalue weighted by atomic mass is 31.3. The molecule has 2 fully saturated rings. The minimum Gasteiger partial charge on any atom is -0.446 e. The van der Waals surface area contributed by atoms with Crippen LogP contribution in [-0.4, -0.2) is 28.7 Å². The Bertz CT molecular complexity index is 1740. The summed E-state index contributed by atoms with van der Waals surface area (Å²) in [4.78, 5) is 16.4. The van der Waals surface area contributed by atoms with Crippen LogP contribution in [0.3, 0.4) is 0 Å². The van der Waals surface area contributed by atoms with Crippen LogP contribution in [0.2, 0.25) is 0 Å². The third kappa shape index (κ3) is 8.01. The normalized spacial score (nSPS) is 27.5. The lowest BCUT2D eigenvalue weighted by Gasteiger charge is -2.31. The van der Waals surface area contributed by atoms with E-state index in [2.05, 4.69) is 28.9 Å². The van der Waals surface area contributed by atoms with Crippen LogP contribution in [0.4, 0.5) is 0 Å². The van der Waals surface area contributed by atoms with E-state index in [4.69, 9.17) is 22.8 Å². The van der Waals surface area contributed by atoms with Crippen LogP contribution in [0.1, 0.15) is 13.8 Å². The average Bonchev–Trinajstić information content (AvgIpc) is 3.66. The van der Waals surface area contributed by atoms with E-state index in [1.807, 2.05) is 152 Å². The van der Waals surface area contributed by atoms with Gasteiger partial charge in [0.25, 0.3) is 5.78 Å². The lowest BCUT2D eigenvalue weighted by Crippen LogP contribution is -2.43. The lowest BCUT2D eigenvalue weighted by atomic mass is 10.1. The maximum absolute atomic E-state index is 12.9. The van der Waals surface area contributed by atoms with Crippen molar-refractivity contribution in [1.82, 2.24) is 15.0 Å². The van der Waals surface area contributed by atoms with E-state index in [-0.39, 0.29) is 12.0 Å². The van der Waals surface area contributed by atoms with Gasteiger partial charge < -0.3 is 9.26 Å². The molecule has 7 rings (SSSR count). The predicted octanol–water partition coefficient (Wildman–Crippen LogP) is 9.13. The van der Waals surface area contributed by atoms with Crippen molar-refractivity contribution < 1.29 is 27.7 Å². The van der Waals surface area contributed by atoms with Gasteiger partial charge in [-0.15, -0.1) is 0 Å². The topological polar surface area (TPSA) is 102 Å². The number of benzene rings is 5. The van der Waals surface area contributed by atoms with E-state index < -0.39 is 35.2 Å². The molecule has 2 heterocycles. The number of nitrogens with one attached hydrogen (secondary N) is 3. The van der Waals surface area contributed by atoms with Crippen LogP contribution in [0.15, 0.2) is 152 Å². The first-order valence-corrected chi connectivity index (χ1v) is 21.6. The molecule has 0 amide bonds. The van der Waals surface area contributed by atoms with Gasteiger partial charge in [0.1, 0.15) is 5.75 Å². The van der Waals surface area contributed by atoms with E-state index in [1.165, 1.54) is 0 Å². The molecule has 6 atom stereocenters. The second-order valence-electron chi connectivity index (χ2n) is 12.1. The minimum absolute atomic E-state index is 0.0218. The largest absolute Gasteiger partial charge is 0.515 e. The summed E-state index contributed by atoms with van der Waals surface area (Å²) in [6.45, 7) is 4.31. The Kier molecular flexibility index (Phi) is 10.0. The van der Waals surface area contributed by atoms with E-state index in [9.17, 15) is 4.89 Å². The molecule has 5 aromatic carbocycles. The summed E-state index contributed by atoms with van der Waals surface area (Å²) in [6, 6.07) is 47.7. The Labute approximate surface area is 289 Å². The number of rotatable bonds is 10. The average molecular weight is 717 g/mol. The summed E-state index contributed by atoms with van der Waals surface area (Å²) >= 11 is 0. The summed E-state index contributed by atoms with van der Waals surface area (Å²) in [5.41, 5.74) is 0. The van der Waals surface area contributed by atoms with Crippen molar-refractivity contribution in [2.75, 3.05) is 6.16 Å². The third-order valence-electron chi connectivity index (χ3n) is 8.33. The van der Waals surface area contributed by atoms with Crippen LogP contribution in [0, 0.1) is 5.92 Å². The standard InChI is InChI=1S/C37H41N3O6P3/c1-29-28-47(43-32-20-10-4-11-21-32,44-33-22-12-5-13-23-33)40-49(41,46-35-26-16-7-17-27-35)39-36-37(42-31-18-8-3-9-19-31)48(36,38-30(29)2)45-34-24-14-6-15-25-34/h3-27,29-30,36-41H,28H2,1-2H3/q+3. The van der Waals surface area contributed by atoms with E-state index in [0.717, 1.165) is 0 Å². The smallest absolute Gasteiger partial charge is 0.446 e. The fourth-order valence-electron chi connectivity index (χ4n) is 5.72. The van der Waals surface area contributed by atoms with Crippen LogP contribution in [0.25, 0.3) is 0 Å². The van der Waals surface area contributed by atoms with Crippen molar-refractivity contribution in [3.8, 4) is 28.7 Å². The van der Waals surface area contributed by atoms with Gasteiger partial charge in [0.2, 0.25) is 0 Å². The van der Waals surface area contributed by atoms with Crippen LogP contribution in [0.5, 0.6) is 28.7 Å². The van der Waals surface area contributed by atoms with Gasteiger partial charge in [-0.05, 0) is 67.6 Å². The van der Waals surface area contributed by atoms with E-state index in [0.29, 0.717) is 34.9 Å². The van der Waals surface area contributed by atoms with Crippen LogP contribution >= 0.6 is 23.5 Å². The second-order valence-corrected chi connectivity index (χ2v) is 19.5. The Morgan fingerprint density at radius 3 is 1.41 bits per heavy atom. The first-order valence-electron chi connectivity index (χ1n) is 16.3. The summed E-state index contributed by atoms with van der Waals surface area (Å²) in [6.07, 6.45) is 0.424. The van der Waals surface area contributed by atoms with Gasteiger partial charge in [-0.25, -0.2) is 0 Å². The summed E-state index contributed by atoms with van der Waals surface area (Å²) in [7, 11) is -9.73. The van der Waals surface area contributed by atoms with Gasteiger partial charge in [-0.2, -0.15) is 9.98 Å². The number of fused-ring (bicyclic) bond motifs is 1.